The molecule has 1 aliphatic heterocycles. The molecule has 2 nitrogen and oxygen atoms in total. The van der Waals surface area contributed by atoms with E-state index < -0.39 is 0 Å². The molecule has 3 heteroatoms. The summed E-state index contributed by atoms with van der Waals surface area (Å²) in [6.45, 7) is 11.7. The molecule has 0 spiro atoms. The Morgan fingerprint density at radius 3 is 2.38 bits per heavy atom. The molecule has 0 aromatic heterocycles. The molecule has 1 fully saturated rings. The second-order valence-corrected chi connectivity index (χ2v) is 7.82. The Labute approximate surface area is 128 Å². The van der Waals surface area contributed by atoms with Gasteiger partial charge in [0.2, 0.25) is 0 Å². The van der Waals surface area contributed by atoms with E-state index in [0.29, 0.717) is 6.04 Å². The molecular weight excluding hydrogens is 265 g/mol. The second kappa shape index (κ2) is 6.05. The minimum absolute atomic E-state index is 0.0683. The zero-order valence-corrected chi connectivity index (χ0v) is 13.9. The van der Waals surface area contributed by atoms with Gasteiger partial charge in [0.1, 0.15) is 5.82 Å². The normalized spacial score (nSPS) is 23.8. The lowest BCUT2D eigenvalue weighted by Crippen LogP contribution is -2.47. The molecule has 0 saturated carbocycles. The third-order valence-corrected chi connectivity index (χ3v) is 4.17. The maximum Gasteiger partial charge on any atom is 0.123 e. The van der Waals surface area contributed by atoms with Crippen molar-refractivity contribution < 1.29 is 9.13 Å². The summed E-state index contributed by atoms with van der Waals surface area (Å²) in [5.74, 6) is -0.182. The van der Waals surface area contributed by atoms with Crippen LogP contribution in [0.3, 0.4) is 0 Å². The van der Waals surface area contributed by atoms with Gasteiger partial charge in [-0.25, -0.2) is 4.39 Å². The predicted molar refractivity (Wildman–Crippen MR) is 84.8 cm³/mol. The summed E-state index contributed by atoms with van der Waals surface area (Å²) >= 11 is 0. The molecule has 1 N–H and O–H groups in total. The molecule has 2 unspecified atom stereocenters. The highest BCUT2D eigenvalue weighted by atomic mass is 19.1. The largest absolute Gasteiger partial charge is 0.375 e. The molecule has 2 rings (SSSR count). The second-order valence-electron chi connectivity index (χ2n) is 7.82. The number of halogens is 1. The summed E-state index contributed by atoms with van der Waals surface area (Å²) in [5, 5.41) is 3.78. The summed E-state index contributed by atoms with van der Waals surface area (Å²) in [5.41, 5.74) is 1.15. The van der Waals surface area contributed by atoms with Crippen LogP contribution in [-0.2, 0) is 4.74 Å². The van der Waals surface area contributed by atoms with Gasteiger partial charge >= 0.3 is 0 Å². The first kappa shape index (κ1) is 16.4. The topological polar surface area (TPSA) is 21.3 Å². The molecule has 1 aromatic carbocycles. The van der Waals surface area contributed by atoms with E-state index in [4.69, 9.17) is 4.74 Å². The van der Waals surface area contributed by atoms with E-state index in [9.17, 15) is 4.39 Å². The van der Waals surface area contributed by atoms with E-state index in [-0.39, 0.29) is 22.9 Å². The van der Waals surface area contributed by atoms with E-state index in [2.05, 4.69) is 39.9 Å². The average molecular weight is 293 g/mol. The van der Waals surface area contributed by atoms with Crippen LogP contribution in [0.4, 0.5) is 4.39 Å². The van der Waals surface area contributed by atoms with Crippen LogP contribution in [0.15, 0.2) is 24.3 Å². The number of rotatable bonds is 3. The summed E-state index contributed by atoms with van der Waals surface area (Å²) in [7, 11) is 0. The highest BCUT2D eigenvalue weighted by Crippen LogP contribution is 2.35. The Hall–Kier alpha value is -0.930. The monoisotopic (exact) mass is 293 g/mol. The van der Waals surface area contributed by atoms with Gasteiger partial charge in [-0.1, -0.05) is 32.9 Å². The Balaban J connectivity index is 2.16. The minimum atomic E-state index is -0.182. The van der Waals surface area contributed by atoms with Gasteiger partial charge in [0.05, 0.1) is 5.60 Å². The average Bonchev–Trinajstić information content (AvgIpc) is 2.35. The number of hydrogen-bond donors (Lipinski definition) is 1. The lowest BCUT2D eigenvalue weighted by atomic mass is 9.81. The van der Waals surface area contributed by atoms with Gasteiger partial charge < -0.3 is 10.1 Å². The maximum atomic E-state index is 13.2. The molecule has 0 aliphatic carbocycles. The summed E-state index contributed by atoms with van der Waals surface area (Å²) in [6.07, 6.45) is 2.03. The molecule has 0 bridgehead atoms. The first-order chi connectivity index (χ1) is 9.67. The predicted octanol–water partition coefficient (Wildman–Crippen LogP) is 4.46. The van der Waals surface area contributed by atoms with Gasteiger partial charge in [-0.2, -0.15) is 0 Å². The third kappa shape index (κ3) is 4.52. The summed E-state index contributed by atoms with van der Waals surface area (Å²) < 4.78 is 19.0. The quantitative estimate of drug-likeness (QED) is 0.888. The van der Waals surface area contributed by atoms with Crippen molar-refractivity contribution in [3.05, 3.63) is 35.6 Å². The van der Waals surface area contributed by atoms with Crippen LogP contribution in [0, 0.1) is 11.2 Å². The molecule has 118 valence electrons. The van der Waals surface area contributed by atoms with E-state index in [1.165, 1.54) is 0 Å². The molecular formula is C18H28FNO. The van der Waals surface area contributed by atoms with Crippen molar-refractivity contribution in [3.8, 4) is 0 Å². The van der Waals surface area contributed by atoms with Crippen LogP contribution in [0.1, 0.15) is 59.1 Å². The van der Waals surface area contributed by atoms with Crippen LogP contribution >= 0.6 is 0 Å². The Morgan fingerprint density at radius 1 is 1.24 bits per heavy atom. The SMILES string of the molecule is CC1(C)CC(NC(c2ccc(F)cc2)C(C)(C)C)CCO1. The zero-order chi connectivity index (χ0) is 15.7. The van der Waals surface area contributed by atoms with E-state index in [1.807, 2.05) is 12.1 Å². The third-order valence-electron chi connectivity index (χ3n) is 4.17. The van der Waals surface area contributed by atoms with Crippen LogP contribution < -0.4 is 5.32 Å². The molecule has 0 amide bonds. The lowest BCUT2D eigenvalue weighted by molar-refractivity contribution is -0.0659. The lowest BCUT2D eigenvalue weighted by Gasteiger charge is -2.41. The highest BCUT2D eigenvalue weighted by Gasteiger charge is 2.33. The Kier molecular flexibility index (Phi) is 4.74. The van der Waals surface area contributed by atoms with Gasteiger partial charge in [-0.3, -0.25) is 0 Å². The van der Waals surface area contributed by atoms with Gasteiger partial charge in [0.25, 0.3) is 0 Å². The fourth-order valence-electron chi connectivity index (χ4n) is 3.11. The van der Waals surface area contributed by atoms with Crippen molar-refractivity contribution in [2.24, 2.45) is 5.41 Å². The molecule has 1 aliphatic rings. The first-order valence-corrected chi connectivity index (χ1v) is 7.83. The first-order valence-electron chi connectivity index (χ1n) is 7.83. The highest BCUT2D eigenvalue weighted by molar-refractivity contribution is 5.22. The molecule has 1 saturated heterocycles. The van der Waals surface area contributed by atoms with Crippen LogP contribution in [0.25, 0.3) is 0 Å². The number of hydrogen-bond acceptors (Lipinski definition) is 2. The van der Waals surface area contributed by atoms with Crippen molar-refractivity contribution in [2.45, 2.75) is 65.1 Å². The molecule has 2 atom stereocenters. The Bertz CT molecular complexity index is 461. The molecule has 0 radical (unpaired) electrons. The van der Waals surface area contributed by atoms with E-state index in [0.717, 1.165) is 25.0 Å². The van der Waals surface area contributed by atoms with Crippen molar-refractivity contribution >= 4 is 0 Å². The van der Waals surface area contributed by atoms with Crippen molar-refractivity contribution in [3.63, 3.8) is 0 Å². The summed E-state index contributed by atoms with van der Waals surface area (Å²) in [4.78, 5) is 0. The van der Waals surface area contributed by atoms with Crippen molar-refractivity contribution in [1.29, 1.82) is 0 Å². The zero-order valence-electron chi connectivity index (χ0n) is 13.9. The van der Waals surface area contributed by atoms with Gasteiger partial charge in [0, 0.05) is 18.7 Å². The van der Waals surface area contributed by atoms with Gasteiger partial charge in [0.15, 0.2) is 0 Å². The number of benzene rings is 1. The Morgan fingerprint density at radius 2 is 1.86 bits per heavy atom. The number of nitrogens with one attached hydrogen (secondary N) is 1. The van der Waals surface area contributed by atoms with Crippen LogP contribution in [-0.4, -0.2) is 18.2 Å². The maximum absolute atomic E-state index is 13.2. The van der Waals surface area contributed by atoms with Crippen LogP contribution in [0.5, 0.6) is 0 Å². The molecule has 1 heterocycles. The van der Waals surface area contributed by atoms with Crippen molar-refractivity contribution in [1.82, 2.24) is 5.32 Å². The van der Waals surface area contributed by atoms with Gasteiger partial charge in [-0.15, -0.1) is 0 Å². The van der Waals surface area contributed by atoms with Crippen LogP contribution in [0.2, 0.25) is 0 Å². The van der Waals surface area contributed by atoms with E-state index in [1.54, 1.807) is 12.1 Å². The molecule has 1 aromatic rings. The minimum Gasteiger partial charge on any atom is -0.375 e. The number of ether oxygens (including phenoxy) is 1. The fraction of sp³-hybridized carbons (Fsp3) is 0.667. The standard InChI is InChI=1S/C18H28FNO/c1-17(2,3)16(13-6-8-14(19)9-7-13)20-15-10-11-21-18(4,5)12-15/h6-9,15-16,20H,10-12H2,1-5H3. The fourth-order valence-corrected chi connectivity index (χ4v) is 3.11. The summed E-state index contributed by atoms with van der Waals surface area (Å²) in [6, 6.07) is 7.51. The molecule has 21 heavy (non-hydrogen) atoms. The van der Waals surface area contributed by atoms with E-state index >= 15 is 0 Å². The van der Waals surface area contributed by atoms with Gasteiger partial charge in [-0.05, 0) is 49.8 Å². The van der Waals surface area contributed by atoms with Crippen molar-refractivity contribution in [2.75, 3.05) is 6.61 Å². The smallest absolute Gasteiger partial charge is 0.123 e.